The van der Waals surface area contributed by atoms with E-state index < -0.39 is 23.2 Å². The zero-order valence-corrected chi connectivity index (χ0v) is 11.9. The Hall–Kier alpha value is -2.88. The van der Waals surface area contributed by atoms with Crippen LogP contribution in [0.2, 0.25) is 0 Å². The molecule has 1 amide bonds. The molecule has 22 heavy (non-hydrogen) atoms. The minimum Gasteiger partial charge on any atom is -0.478 e. The molecule has 2 aromatic heterocycles. The molecule has 0 spiro atoms. The van der Waals surface area contributed by atoms with Gasteiger partial charge in [0.05, 0.1) is 12.1 Å². The summed E-state index contributed by atoms with van der Waals surface area (Å²) < 4.78 is 5.41. The van der Waals surface area contributed by atoms with E-state index >= 15 is 0 Å². The van der Waals surface area contributed by atoms with E-state index in [4.69, 9.17) is 9.84 Å². The minimum absolute atomic E-state index is 0.0461. The standard InChI is InChI=1S/C12H11N3O6S/c1-2-3-21-12(20)13-5-6-4-7(11(18)19)8(22-6)14-15-9(16)10(15)17/h2,4,14H,1,3,5H2,(H,13,20)(H,18,19). The zero-order valence-electron chi connectivity index (χ0n) is 11.1. The van der Waals surface area contributed by atoms with E-state index in [9.17, 15) is 19.2 Å². The number of hydrogen-bond donors (Lipinski definition) is 3. The van der Waals surface area contributed by atoms with Gasteiger partial charge in [-0.05, 0) is 6.07 Å². The maximum atomic E-state index is 11.3. The zero-order chi connectivity index (χ0) is 16.3. The monoisotopic (exact) mass is 325 g/mol. The predicted octanol–water partition coefficient (Wildman–Crippen LogP) is 0.131. The Balaban J connectivity index is 2.06. The molecule has 2 heterocycles. The number of carbonyl (C=O) groups is 2. The van der Waals surface area contributed by atoms with Gasteiger partial charge >= 0.3 is 23.2 Å². The molecule has 0 aliphatic carbocycles. The lowest BCUT2D eigenvalue weighted by molar-refractivity contribution is 0.0698. The lowest BCUT2D eigenvalue weighted by Gasteiger charge is -2.03. The van der Waals surface area contributed by atoms with Crippen molar-refractivity contribution in [3.05, 3.63) is 49.9 Å². The second kappa shape index (κ2) is 6.26. The SMILES string of the molecule is C=CCOC(=O)NCc1cc(C(=O)O)c(Nn2c(=O)c2=O)s1. The second-order valence-corrected chi connectivity index (χ2v) is 5.20. The summed E-state index contributed by atoms with van der Waals surface area (Å²) in [5, 5.41) is 11.7. The fourth-order valence-corrected chi connectivity index (χ4v) is 2.43. The Labute approximate surface area is 127 Å². The summed E-state index contributed by atoms with van der Waals surface area (Å²) in [5.41, 5.74) is 0.842. The highest BCUT2D eigenvalue weighted by Crippen LogP contribution is 2.28. The van der Waals surface area contributed by atoms with Crippen molar-refractivity contribution in [1.82, 2.24) is 9.99 Å². The molecule has 0 atom stereocenters. The molecule has 116 valence electrons. The smallest absolute Gasteiger partial charge is 0.407 e. The maximum absolute atomic E-state index is 11.3. The highest BCUT2D eigenvalue weighted by Gasteiger charge is 2.21. The summed E-state index contributed by atoms with van der Waals surface area (Å²) in [5.74, 6) is -1.22. The van der Waals surface area contributed by atoms with Crippen molar-refractivity contribution in [3.63, 3.8) is 0 Å². The Bertz CT molecular complexity index is 773. The topological polar surface area (TPSA) is 127 Å². The van der Waals surface area contributed by atoms with Crippen molar-refractivity contribution < 1.29 is 19.4 Å². The number of anilines is 1. The van der Waals surface area contributed by atoms with E-state index in [-0.39, 0.29) is 23.7 Å². The van der Waals surface area contributed by atoms with Crippen molar-refractivity contribution in [3.8, 4) is 0 Å². The Morgan fingerprint density at radius 1 is 1.41 bits per heavy atom. The van der Waals surface area contributed by atoms with Gasteiger partial charge in [-0.25, -0.2) is 9.59 Å². The molecule has 0 fully saturated rings. The van der Waals surface area contributed by atoms with Crippen LogP contribution in [0.15, 0.2) is 28.3 Å². The number of nitrogens with one attached hydrogen (secondary N) is 2. The summed E-state index contributed by atoms with van der Waals surface area (Å²) in [7, 11) is 0. The number of aromatic nitrogens is 1. The third-order valence-electron chi connectivity index (χ3n) is 2.51. The van der Waals surface area contributed by atoms with Crippen LogP contribution in [0.5, 0.6) is 0 Å². The second-order valence-electron chi connectivity index (χ2n) is 4.06. The average Bonchev–Trinajstić information content (AvgIpc) is 2.90. The molecule has 0 aliphatic heterocycles. The highest BCUT2D eigenvalue weighted by atomic mass is 32.1. The van der Waals surface area contributed by atoms with Crippen LogP contribution in [0.4, 0.5) is 9.80 Å². The summed E-state index contributed by atoms with van der Waals surface area (Å²) >= 11 is 0.998. The van der Waals surface area contributed by atoms with Crippen molar-refractivity contribution >= 4 is 28.4 Å². The molecule has 0 saturated heterocycles. The molecular weight excluding hydrogens is 314 g/mol. The molecule has 2 rings (SSSR count). The summed E-state index contributed by atoms with van der Waals surface area (Å²) in [6, 6.07) is 1.33. The minimum atomic E-state index is -1.22. The third-order valence-corrected chi connectivity index (χ3v) is 3.54. The Kier molecular flexibility index (Phi) is 4.41. The predicted molar refractivity (Wildman–Crippen MR) is 78.0 cm³/mol. The fourth-order valence-electron chi connectivity index (χ4n) is 1.45. The molecule has 2 aromatic rings. The van der Waals surface area contributed by atoms with Crippen LogP contribution in [-0.4, -0.2) is 28.5 Å². The van der Waals surface area contributed by atoms with Gasteiger partial charge in [0, 0.05) is 4.88 Å². The van der Waals surface area contributed by atoms with Crippen LogP contribution in [0, 0.1) is 0 Å². The number of carboxylic acid groups (broad SMARTS) is 1. The van der Waals surface area contributed by atoms with E-state index in [2.05, 4.69) is 17.3 Å². The highest BCUT2D eigenvalue weighted by molar-refractivity contribution is 7.16. The van der Waals surface area contributed by atoms with Gasteiger partial charge in [-0.2, -0.15) is 4.68 Å². The Morgan fingerprint density at radius 3 is 2.64 bits per heavy atom. The number of thiophene rings is 1. The van der Waals surface area contributed by atoms with E-state index in [1.54, 1.807) is 0 Å². The fraction of sp³-hybridized carbons (Fsp3) is 0.167. The first-order valence-corrected chi connectivity index (χ1v) is 6.78. The summed E-state index contributed by atoms with van der Waals surface area (Å²) in [4.78, 5) is 44.7. The maximum Gasteiger partial charge on any atom is 0.407 e. The van der Waals surface area contributed by atoms with Crippen LogP contribution in [0.1, 0.15) is 15.2 Å². The van der Waals surface area contributed by atoms with Crippen LogP contribution < -0.4 is 21.9 Å². The number of aromatic carboxylic acids is 1. The molecular formula is C12H11N3O6S. The molecule has 3 N–H and O–H groups in total. The Morgan fingerprint density at radius 2 is 2.09 bits per heavy atom. The first kappa shape index (κ1) is 15.5. The lowest BCUT2D eigenvalue weighted by atomic mass is 10.3. The molecule has 0 aliphatic rings. The van der Waals surface area contributed by atoms with E-state index in [0.717, 1.165) is 11.3 Å². The van der Waals surface area contributed by atoms with Gasteiger partial charge in [0.2, 0.25) is 0 Å². The number of carbonyl (C=O) groups excluding carboxylic acids is 1. The van der Waals surface area contributed by atoms with Crippen LogP contribution in [-0.2, 0) is 11.3 Å². The normalized spacial score (nSPS) is 10.4. The van der Waals surface area contributed by atoms with Crippen LogP contribution in [0.25, 0.3) is 0 Å². The summed E-state index contributed by atoms with van der Waals surface area (Å²) in [6.45, 7) is 3.50. The van der Waals surface area contributed by atoms with Gasteiger partial charge in [-0.1, -0.05) is 12.7 Å². The van der Waals surface area contributed by atoms with Crippen molar-refractivity contribution in [2.45, 2.75) is 6.54 Å². The molecule has 9 nitrogen and oxygen atoms in total. The number of nitrogens with zero attached hydrogens (tertiary/aromatic N) is 1. The number of alkyl carbamates (subject to hydrolysis) is 1. The van der Waals surface area contributed by atoms with Crippen molar-refractivity contribution in [1.29, 1.82) is 0 Å². The number of rotatable bonds is 7. The molecule has 0 bridgehead atoms. The lowest BCUT2D eigenvalue weighted by Crippen LogP contribution is -2.23. The largest absolute Gasteiger partial charge is 0.478 e. The first-order valence-electron chi connectivity index (χ1n) is 5.96. The van der Waals surface area contributed by atoms with E-state index in [0.29, 0.717) is 9.55 Å². The van der Waals surface area contributed by atoms with Gasteiger partial charge in [0.25, 0.3) is 0 Å². The van der Waals surface area contributed by atoms with Crippen molar-refractivity contribution in [2.24, 2.45) is 0 Å². The van der Waals surface area contributed by atoms with Gasteiger partial charge in [-0.15, -0.1) is 11.3 Å². The average molecular weight is 325 g/mol. The van der Waals surface area contributed by atoms with Gasteiger partial charge < -0.3 is 15.2 Å². The molecule has 10 heteroatoms. The van der Waals surface area contributed by atoms with Gasteiger partial charge in [0.15, 0.2) is 0 Å². The van der Waals surface area contributed by atoms with Gasteiger partial charge in [0.1, 0.15) is 11.6 Å². The molecule has 0 unspecified atom stereocenters. The van der Waals surface area contributed by atoms with Crippen LogP contribution >= 0.6 is 11.3 Å². The van der Waals surface area contributed by atoms with E-state index in [1.165, 1.54) is 12.1 Å². The first-order chi connectivity index (χ1) is 10.4. The third kappa shape index (κ3) is 3.41. The van der Waals surface area contributed by atoms with E-state index in [1.807, 2.05) is 0 Å². The number of hydrogen-bond acceptors (Lipinski definition) is 7. The molecule has 0 radical (unpaired) electrons. The number of amides is 1. The van der Waals surface area contributed by atoms with Gasteiger partial charge in [-0.3, -0.25) is 15.0 Å². The number of ether oxygens (including phenoxy) is 1. The van der Waals surface area contributed by atoms with Crippen LogP contribution in [0.3, 0.4) is 0 Å². The molecule has 0 saturated carbocycles. The summed E-state index contributed by atoms with van der Waals surface area (Å²) in [6.07, 6.45) is 0.740. The van der Waals surface area contributed by atoms with Crippen molar-refractivity contribution in [2.75, 3.05) is 12.0 Å². The quantitative estimate of drug-likeness (QED) is 0.488. The number of carboxylic acids is 1. The molecule has 0 aromatic carbocycles.